The molecule has 1 amide bonds. The van der Waals surface area contributed by atoms with E-state index >= 15 is 0 Å². The summed E-state index contributed by atoms with van der Waals surface area (Å²) in [5, 5.41) is 10.2. The van der Waals surface area contributed by atoms with Crippen molar-refractivity contribution >= 4 is 6.09 Å². The molecule has 2 heterocycles. The second-order valence-corrected chi connectivity index (χ2v) is 8.11. The molecule has 2 saturated heterocycles. The molecule has 146 valence electrons. The van der Waals surface area contributed by atoms with E-state index in [1.807, 2.05) is 24.3 Å². The van der Waals surface area contributed by atoms with Gasteiger partial charge in [0.1, 0.15) is 6.61 Å². The molecule has 1 aliphatic carbocycles. The number of carbonyl (C=O) groups excluding carboxylic acids is 1. The fourth-order valence-electron chi connectivity index (χ4n) is 5.18. The van der Waals surface area contributed by atoms with Gasteiger partial charge in [0, 0.05) is 19.1 Å². The van der Waals surface area contributed by atoms with E-state index in [0.29, 0.717) is 32.8 Å². The van der Waals surface area contributed by atoms with Gasteiger partial charge in [0.2, 0.25) is 0 Å². The summed E-state index contributed by atoms with van der Waals surface area (Å²) in [6, 6.07) is 16.7. The van der Waals surface area contributed by atoms with Gasteiger partial charge in [-0.2, -0.15) is 0 Å². The first-order valence-corrected chi connectivity index (χ1v) is 10.1. The zero-order chi connectivity index (χ0) is 19.1. The molecule has 5 heteroatoms. The van der Waals surface area contributed by atoms with Crippen LogP contribution in [-0.2, 0) is 9.47 Å². The Kier molecular flexibility index (Phi) is 4.37. The normalized spacial score (nSPS) is 22.9. The second-order valence-electron chi connectivity index (χ2n) is 8.11. The van der Waals surface area contributed by atoms with Gasteiger partial charge in [0.05, 0.1) is 18.2 Å². The molecule has 0 radical (unpaired) electrons. The predicted octanol–water partition coefficient (Wildman–Crippen LogP) is 3.55. The van der Waals surface area contributed by atoms with Crippen LogP contribution >= 0.6 is 0 Å². The Morgan fingerprint density at radius 1 is 1.07 bits per heavy atom. The summed E-state index contributed by atoms with van der Waals surface area (Å²) in [4.78, 5) is 14.8. The van der Waals surface area contributed by atoms with Gasteiger partial charge < -0.3 is 14.6 Å². The van der Waals surface area contributed by atoms with E-state index in [2.05, 4.69) is 24.3 Å². The van der Waals surface area contributed by atoms with Crippen molar-refractivity contribution in [1.82, 2.24) is 4.90 Å². The number of nitrogens with zero attached hydrogens (tertiary/aromatic N) is 1. The van der Waals surface area contributed by atoms with E-state index in [4.69, 9.17) is 9.47 Å². The topological polar surface area (TPSA) is 59.0 Å². The van der Waals surface area contributed by atoms with E-state index in [1.165, 1.54) is 22.3 Å². The summed E-state index contributed by atoms with van der Waals surface area (Å²) >= 11 is 0. The van der Waals surface area contributed by atoms with Gasteiger partial charge in [-0.1, -0.05) is 48.5 Å². The van der Waals surface area contributed by atoms with E-state index in [9.17, 15) is 9.90 Å². The number of aliphatic hydroxyl groups excluding tert-OH is 1. The number of aliphatic hydroxyl groups is 1. The largest absolute Gasteiger partial charge is 0.448 e. The summed E-state index contributed by atoms with van der Waals surface area (Å²) in [5.41, 5.74) is 4.53. The molecule has 0 aromatic heterocycles. The summed E-state index contributed by atoms with van der Waals surface area (Å²) < 4.78 is 11.3. The summed E-state index contributed by atoms with van der Waals surface area (Å²) in [7, 11) is 0. The van der Waals surface area contributed by atoms with Crippen LogP contribution < -0.4 is 0 Å². The van der Waals surface area contributed by atoms with Crippen LogP contribution in [0, 0.1) is 0 Å². The van der Waals surface area contributed by atoms with E-state index in [1.54, 1.807) is 4.90 Å². The fraction of sp³-hybridized carbons (Fsp3) is 0.435. The molecule has 1 atom stereocenters. The lowest BCUT2D eigenvalue weighted by Crippen LogP contribution is -2.51. The zero-order valence-corrected chi connectivity index (χ0v) is 15.8. The lowest BCUT2D eigenvalue weighted by atomic mass is 9.87. The Hall–Kier alpha value is -2.37. The number of hydrogen-bond donors (Lipinski definition) is 1. The number of benzene rings is 2. The molecule has 2 aromatic rings. The standard InChI is InChI=1S/C23H25NO4/c25-16-13-23(9-11-27-12-10-23)24(14-16)22(26)28-15-21-19-7-3-1-5-17(19)18-6-2-4-8-20(18)21/h1-8,16,21,25H,9-15H2. The predicted molar refractivity (Wildman–Crippen MR) is 105 cm³/mol. The highest BCUT2D eigenvalue weighted by molar-refractivity contribution is 5.79. The maximum absolute atomic E-state index is 13.0. The molecule has 1 unspecified atom stereocenters. The number of ether oxygens (including phenoxy) is 2. The third-order valence-electron chi connectivity index (χ3n) is 6.56. The van der Waals surface area contributed by atoms with E-state index < -0.39 is 6.10 Å². The SMILES string of the molecule is O=C(OCC1c2ccccc2-c2ccccc21)N1CC(O)CC12CCOCC2. The molecule has 0 saturated carbocycles. The van der Waals surface area contributed by atoms with Crippen molar-refractivity contribution in [3.8, 4) is 11.1 Å². The van der Waals surface area contributed by atoms with Crippen LogP contribution in [0.1, 0.15) is 36.3 Å². The molecule has 5 nitrogen and oxygen atoms in total. The number of fused-ring (bicyclic) bond motifs is 3. The first-order valence-electron chi connectivity index (χ1n) is 10.1. The van der Waals surface area contributed by atoms with Gasteiger partial charge in [-0.25, -0.2) is 4.79 Å². The number of β-amino-alcohol motifs (C(OH)–C–C–N with tert-alkyl or cyclic N) is 1. The molecule has 5 rings (SSSR count). The molecule has 1 spiro atoms. The average Bonchev–Trinajstić information content (AvgIpc) is 3.21. The quantitative estimate of drug-likeness (QED) is 0.867. The van der Waals surface area contributed by atoms with Gasteiger partial charge in [-0.15, -0.1) is 0 Å². The molecular formula is C23H25NO4. The molecular weight excluding hydrogens is 354 g/mol. The van der Waals surface area contributed by atoms with Crippen molar-refractivity contribution in [3.05, 3.63) is 59.7 Å². The van der Waals surface area contributed by atoms with Crippen molar-refractivity contribution in [2.45, 2.75) is 36.8 Å². The monoisotopic (exact) mass is 379 g/mol. The van der Waals surface area contributed by atoms with Gasteiger partial charge in [0.25, 0.3) is 0 Å². The van der Waals surface area contributed by atoms with Crippen molar-refractivity contribution in [2.24, 2.45) is 0 Å². The minimum Gasteiger partial charge on any atom is -0.448 e. The highest BCUT2D eigenvalue weighted by Crippen LogP contribution is 2.45. The van der Waals surface area contributed by atoms with Crippen LogP contribution in [0.25, 0.3) is 11.1 Å². The summed E-state index contributed by atoms with van der Waals surface area (Å²) in [5.74, 6) is 0.0505. The maximum atomic E-state index is 13.0. The number of likely N-dealkylation sites (tertiary alicyclic amines) is 1. The van der Waals surface area contributed by atoms with Gasteiger partial charge in [-0.05, 0) is 41.5 Å². The molecule has 28 heavy (non-hydrogen) atoms. The highest BCUT2D eigenvalue weighted by atomic mass is 16.6. The van der Waals surface area contributed by atoms with Crippen molar-refractivity contribution < 1.29 is 19.4 Å². The second kappa shape index (κ2) is 6.90. The Balaban J connectivity index is 1.36. The van der Waals surface area contributed by atoms with Crippen molar-refractivity contribution in [1.29, 1.82) is 0 Å². The Morgan fingerprint density at radius 3 is 2.32 bits per heavy atom. The van der Waals surface area contributed by atoms with Crippen LogP contribution in [0.5, 0.6) is 0 Å². The molecule has 2 fully saturated rings. The fourth-order valence-corrected chi connectivity index (χ4v) is 5.18. The van der Waals surface area contributed by atoms with Crippen molar-refractivity contribution in [3.63, 3.8) is 0 Å². The molecule has 2 aliphatic heterocycles. The third-order valence-corrected chi connectivity index (χ3v) is 6.56. The first-order chi connectivity index (χ1) is 13.7. The van der Waals surface area contributed by atoms with Gasteiger partial charge in [0.15, 0.2) is 0 Å². The third kappa shape index (κ3) is 2.81. The Morgan fingerprint density at radius 2 is 1.68 bits per heavy atom. The molecule has 0 bridgehead atoms. The summed E-state index contributed by atoms with van der Waals surface area (Å²) in [6.07, 6.45) is 1.32. The van der Waals surface area contributed by atoms with Crippen LogP contribution in [-0.4, -0.2) is 54.1 Å². The van der Waals surface area contributed by atoms with Crippen LogP contribution in [0.15, 0.2) is 48.5 Å². The first kappa shape index (κ1) is 17.7. The van der Waals surface area contributed by atoms with Crippen molar-refractivity contribution in [2.75, 3.05) is 26.4 Å². The number of amides is 1. The average molecular weight is 379 g/mol. The number of carbonyl (C=O) groups is 1. The van der Waals surface area contributed by atoms with Crippen LogP contribution in [0.2, 0.25) is 0 Å². The molecule has 3 aliphatic rings. The van der Waals surface area contributed by atoms with E-state index in [0.717, 1.165) is 12.8 Å². The molecule has 2 aromatic carbocycles. The smallest absolute Gasteiger partial charge is 0.410 e. The van der Waals surface area contributed by atoms with Crippen LogP contribution in [0.3, 0.4) is 0 Å². The maximum Gasteiger partial charge on any atom is 0.410 e. The van der Waals surface area contributed by atoms with Crippen LogP contribution in [0.4, 0.5) is 4.79 Å². The minimum atomic E-state index is -0.487. The lowest BCUT2D eigenvalue weighted by Gasteiger charge is -2.40. The van der Waals surface area contributed by atoms with Gasteiger partial charge in [-0.3, -0.25) is 4.90 Å². The number of rotatable bonds is 2. The Bertz CT molecular complexity index is 844. The Labute approximate surface area is 164 Å². The lowest BCUT2D eigenvalue weighted by molar-refractivity contribution is -0.00946. The summed E-state index contributed by atoms with van der Waals surface area (Å²) in [6.45, 7) is 1.91. The molecule has 1 N–H and O–H groups in total. The zero-order valence-electron chi connectivity index (χ0n) is 15.8. The van der Waals surface area contributed by atoms with E-state index in [-0.39, 0.29) is 17.6 Å². The minimum absolute atomic E-state index is 0.0505. The number of hydrogen-bond acceptors (Lipinski definition) is 4. The van der Waals surface area contributed by atoms with Gasteiger partial charge >= 0.3 is 6.09 Å². The highest BCUT2D eigenvalue weighted by Gasteiger charge is 2.49.